The number of thiophene rings is 1. The van der Waals surface area contributed by atoms with Crippen molar-refractivity contribution >= 4 is 49.6 Å². The van der Waals surface area contributed by atoms with Crippen LogP contribution >= 0.6 is 22.7 Å². The van der Waals surface area contributed by atoms with Gasteiger partial charge in [0.05, 0.1) is 9.77 Å². The number of hydrogen-bond acceptors (Lipinski definition) is 9. The lowest BCUT2D eigenvalue weighted by Crippen LogP contribution is -2.19. The Kier molecular flexibility index (Phi) is 7.39. The molecule has 188 valence electrons. The SMILES string of the molecule is N#C/C(=C\c1ccc(S(=O)(=O)c2ccccc2OC(F)(F)F)cc1)C(=O)Nc1nnc(-c2cccs2)s1. The first-order valence-electron chi connectivity index (χ1n) is 10.1. The van der Waals surface area contributed by atoms with Crippen LogP contribution in [0.3, 0.4) is 0 Å². The van der Waals surface area contributed by atoms with Crippen LogP contribution in [0.1, 0.15) is 5.56 Å². The summed E-state index contributed by atoms with van der Waals surface area (Å²) < 4.78 is 67.8. The molecule has 4 aromatic rings. The number of nitrogens with zero attached hydrogens (tertiary/aromatic N) is 3. The minimum atomic E-state index is -5.07. The van der Waals surface area contributed by atoms with E-state index in [1.807, 2.05) is 17.5 Å². The van der Waals surface area contributed by atoms with Gasteiger partial charge < -0.3 is 4.74 Å². The molecule has 14 heteroatoms. The zero-order valence-electron chi connectivity index (χ0n) is 18.3. The van der Waals surface area contributed by atoms with Crippen LogP contribution in [-0.2, 0) is 14.6 Å². The summed E-state index contributed by atoms with van der Waals surface area (Å²) in [6.45, 7) is 0. The van der Waals surface area contributed by atoms with Gasteiger partial charge in [0, 0.05) is 0 Å². The van der Waals surface area contributed by atoms with Gasteiger partial charge in [0.1, 0.15) is 22.3 Å². The number of benzene rings is 2. The maximum atomic E-state index is 12.9. The molecular formula is C23H13F3N4O4S3. The van der Waals surface area contributed by atoms with Crippen LogP contribution in [0.5, 0.6) is 5.75 Å². The number of amides is 1. The van der Waals surface area contributed by atoms with Crippen molar-refractivity contribution in [3.8, 4) is 21.7 Å². The van der Waals surface area contributed by atoms with Crippen LogP contribution in [0.15, 0.2) is 81.4 Å². The first-order chi connectivity index (χ1) is 17.6. The Morgan fingerprint density at radius 1 is 1.05 bits per heavy atom. The van der Waals surface area contributed by atoms with E-state index in [1.165, 1.54) is 41.7 Å². The third-order valence-electron chi connectivity index (χ3n) is 4.61. The van der Waals surface area contributed by atoms with Crippen LogP contribution in [0.4, 0.5) is 18.3 Å². The van der Waals surface area contributed by atoms with E-state index in [2.05, 4.69) is 20.3 Å². The summed E-state index contributed by atoms with van der Waals surface area (Å²) >= 11 is 2.59. The number of rotatable bonds is 7. The second-order valence-corrected chi connectivity index (χ2v) is 10.9. The van der Waals surface area contributed by atoms with E-state index in [4.69, 9.17) is 0 Å². The number of aromatic nitrogens is 2. The largest absolute Gasteiger partial charge is 0.573 e. The monoisotopic (exact) mass is 562 g/mol. The average Bonchev–Trinajstić information content (AvgIpc) is 3.54. The number of sulfone groups is 1. The highest BCUT2D eigenvalue weighted by Crippen LogP contribution is 2.33. The fourth-order valence-electron chi connectivity index (χ4n) is 3.00. The predicted molar refractivity (Wildman–Crippen MR) is 130 cm³/mol. The van der Waals surface area contributed by atoms with E-state index in [9.17, 15) is 31.6 Å². The Balaban J connectivity index is 1.53. The number of anilines is 1. The Morgan fingerprint density at radius 2 is 1.78 bits per heavy atom. The molecule has 0 aliphatic rings. The topological polar surface area (TPSA) is 122 Å². The molecule has 37 heavy (non-hydrogen) atoms. The average molecular weight is 563 g/mol. The van der Waals surface area contributed by atoms with Crippen LogP contribution < -0.4 is 10.1 Å². The van der Waals surface area contributed by atoms with Gasteiger partial charge in [-0.3, -0.25) is 10.1 Å². The van der Waals surface area contributed by atoms with Crippen molar-refractivity contribution in [3.05, 3.63) is 77.2 Å². The van der Waals surface area contributed by atoms with Crippen molar-refractivity contribution in [2.24, 2.45) is 0 Å². The molecule has 8 nitrogen and oxygen atoms in total. The molecule has 0 aliphatic carbocycles. The van der Waals surface area contributed by atoms with Crippen LogP contribution in [0.25, 0.3) is 16.0 Å². The zero-order valence-corrected chi connectivity index (χ0v) is 20.7. The Hall–Kier alpha value is -4.06. The van der Waals surface area contributed by atoms with Crippen molar-refractivity contribution < 1.29 is 31.1 Å². The van der Waals surface area contributed by atoms with Crippen LogP contribution in [0.2, 0.25) is 0 Å². The number of para-hydroxylation sites is 1. The van der Waals surface area contributed by atoms with Gasteiger partial charge in [0.25, 0.3) is 5.91 Å². The summed E-state index contributed by atoms with van der Waals surface area (Å²) in [6, 6.07) is 14.8. The molecule has 0 aliphatic heterocycles. The number of hydrogen-bond donors (Lipinski definition) is 1. The number of nitrogens with one attached hydrogen (secondary N) is 1. The highest BCUT2D eigenvalue weighted by molar-refractivity contribution is 7.91. The van der Waals surface area contributed by atoms with Gasteiger partial charge in [-0.05, 0) is 47.4 Å². The van der Waals surface area contributed by atoms with E-state index in [0.717, 1.165) is 40.5 Å². The molecule has 0 bridgehead atoms. The molecular weight excluding hydrogens is 549 g/mol. The molecule has 2 aromatic heterocycles. The van der Waals surface area contributed by atoms with Crippen molar-refractivity contribution in [1.82, 2.24) is 10.2 Å². The molecule has 0 unspecified atom stereocenters. The number of ether oxygens (including phenoxy) is 1. The first kappa shape index (κ1) is 26.0. The molecule has 0 radical (unpaired) electrons. The molecule has 2 aromatic carbocycles. The molecule has 0 saturated heterocycles. The molecule has 0 spiro atoms. The third-order valence-corrected chi connectivity index (χ3v) is 8.30. The lowest BCUT2D eigenvalue weighted by atomic mass is 10.1. The van der Waals surface area contributed by atoms with E-state index in [-0.39, 0.29) is 15.6 Å². The first-order valence-corrected chi connectivity index (χ1v) is 13.3. The van der Waals surface area contributed by atoms with Gasteiger partial charge in [-0.1, -0.05) is 41.7 Å². The van der Waals surface area contributed by atoms with Gasteiger partial charge in [0.2, 0.25) is 15.0 Å². The summed E-state index contributed by atoms with van der Waals surface area (Å²) in [4.78, 5) is 12.5. The Bertz CT molecular complexity index is 1610. The smallest absolute Gasteiger partial charge is 0.404 e. The van der Waals surface area contributed by atoms with E-state index < -0.39 is 32.8 Å². The summed E-state index contributed by atoms with van der Waals surface area (Å²) in [5, 5.41) is 22.5. The van der Waals surface area contributed by atoms with Crippen molar-refractivity contribution in [2.45, 2.75) is 16.2 Å². The lowest BCUT2D eigenvalue weighted by molar-refractivity contribution is -0.275. The van der Waals surface area contributed by atoms with Crippen LogP contribution in [-0.4, -0.2) is 30.9 Å². The zero-order chi connectivity index (χ0) is 26.6. The number of carbonyl (C=O) groups is 1. The number of alkyl halides is 3. The normalized spacial score (nSPS) is 12.1. The lowest BCUT2D eigenvalue weighted by Gasteiger charge is -2.13. The summed E-state index contributed by atoms with van der Waals surface area (Å²) in [5.74, 6) is -1.60. The molecule has 0 saturated carbocycles. The maximum absolute atomic E-state index is 12.9. The predicted octanol–water partition coefficient (Wildman–Crippen LogP) is 5.54. The minimum absolute atomic E-state index is 0.190. The molecule has 0 fully saturated rings. The molecule has 4 rings (SSSR count). The molecule has 0 atom stereocenters. The van der Waals surface area contributed by atoms with Gasteiger partial charge in [0.15, 0.2) is 5.01 Å². The van der Waals surface area contributed by atoms with E-state index >= 15 is 0 Å². The Morgan fingerprint density at radius 3 is 2.43 bits per heavy atom. The van der Waals surface area contributed by atoms with Gasteiger partial charge in [-0.25, -0.2) is 8.42 Å². The summed E-state index contributed by atoms with van der Waals surface area (Å²) in [5.41, 5.74) is 0.0226. The third kappa shape index (κ3) is 6.20. The molecule has 1 N–H and O–H groups in total. The van der Waals surface area contributed by atoms with Crippen molar-refractivity contribution in [2.75, 3.05) is 5.32 Å². The second kappa shape index (κ2) is 10.5. The van der Waals surface area contributed by atoms with Crippen molar-refractivity contribution in [1.29, 1.82) is 5.26 Å². The fourth-order valence-corrected chi connectivity index (χ4v) is 5.92. The highest BCUT2D eigenvalue weighted by atomic mass is 32.2. The minimum Gasteiger partial charge on any atom is -0.404 e. The standard InChI is InChI=1S/C23H13F3N4O4S3/c24-23(25,26)34-17-4-1-2-6-19(17)37(32,33)16-9-7-14(8-10-16)12-15(13-27)20(31)28-22-30-29-21(36-22)18-5-3-11-35-18/h1-12H,(H,28,30,31)/b15-12+. The highest BCUT2D eigenvalue weighted by Gasteiger charge is 2.34. The number of nitriles is 1. The van der Waals surface area contributed by atoms with E-state index in [1.54, 1.807) is 6.07 Å². The fraction of sp³-hybridized carbons (Fsp3) is 0.0435. The van der Waals surface area contributed by atoms with Crippen LogP contribution in [0, 0.1) is 11.3 Å². The van der Waals surface area contributed by atoms with Gasteiger partial charge in [-0.15, -0.1) is 34.7 Å². The quantitative estimate of drug-likeness (QED) is 0.232. The number of carbonyl (C=O) groups excluding carboxylic acids is 1. The molecule has 1 amide bonds. The second-order valence-electron chi connectivity index (χ2n) is 7.08. The summed E-state index contributed by atoms with van der Waals surface area (Å²) in [7, 11) is -4.37. The number of halogens is 3. The Labute approximate surface area is 216 Å². The summed E-state index contributed by atoms with van der Waals surface area (Å²) in [6.07, 6.45) is -3.84. The van der Waals surface area contributed by atoms with Crippen molar-refractivity contribution in [3.63, 3.8) is 0 Å². The maximum Gasteiger partial charge on any atom is 0.573 e. The molecule has 2 heterocycles. The van der Waals surface area contributed by atoms with Gasteiger partial charge in [-0.2, -0.15) is 5.26 Å². The van der Waals surface area contributed by atoms with Gasteiger partial charge >= 0.3 is 6.36 Å². The van der Waals surface area contributed by atoms with E-state index in [0.29, 0.717) is 10.6 Å².